The third-order valence-electron chi connectivity index (χ3n) is 11.3. The maximum atomic E-state index is 12.6. The van der Waals surface area contributed by atoms with Gasteiger partial charge in [0, 0.05) is 19.3 Å². The van der Waals surface area contributed by atoms with Crippen molar-refractivity contribution in [3.05, 3.63) is 0 Å². The van der Waals surface area contributed by atoms with Gasteiger partial charge in [0.05, 0.1) is 0 Å². The number of carbonyl (C=O) groups excluding carboxylic acids is 3. The van der Waals surface area contributed by atoms with E-state index in [1.807, 2.05) is 0 Å². The predicted octanol–water partition coefficient (Wildman–Crippen LogP) is 15.9. The number of esters is 3. The molecule has 0 spiro atoms. The van der Waals surface area contributed by atoms with Gasteiger partial charge < -0.3 is 14.2 Å². The van der Waals surface area contributed by atoms with Gasteiger partial charge in [-0.05, 0) is 25.2 Å². The van der Waals surface area contributed by atoms with Gasteiger partial charge in [-0.2, -0.15) is 0 Å². The quantitative estimate of drug-likeness (QED) is 0.0347. The van der Waals surface area contributed by atoms with Crippen LogP contribution in [-0.4, -0.2) is 37.2 Å². The normalized spacial score (nSPS) is 11.9. The fourth-order valence-corrected chi connectivity index (χ4v) is 7.51. The Morgan fingerprint density at radius 2 is 0.589 bits per heavy atom. The third kappa shape index (κ3) is 43.5. The smallest absolute Gasteiger partial charge is 0.306 e. The van der Waals surface area contributed by atoms with Gasteiger partial charge in [0.25, 0.3) is 0 Å². The van der Waals surface area contributed by atoms with Crippen molar-refractivity contribution in [2.24, 2.45) is 5.92 Å². The molecule has 0 saturated heterocycles. The third-order valence-corrected chi connectivity index (χ3v) is 11.3. The van der Waals surface area contributed by atoms with E-state index in [9.17, 15) is 14.4 Å². The SMILES string of the molecule is CCCCCCCCCCCCCCCCCC(=O)OC[C@@H](COC(=O)CCCCCCCCCCCCCCCC(C)C)OC(=O)CCCCCCCCC. The Morgan fingerprint density at radius 1 is 0.339 bits per heavy atom. The van der Waals surface area contributed by atoms with Crippen LogP contribution in [0.1, 0.15) is 278 Å². The number of hydrogen-bond donors (Lipinski definition) is 0. The Bertz CT molecular complexity index is 841. The molecule has 0 fully saturated rings. The van der Waals surface area contributed by atoms with Gasteiger partial charge in [0.2, 0.25) is 0 Å². The topological polar surface area (TPSA) is 78.9 Å². The second-order valence-corrected chi connectivity index (χ2v) is 17.6. The molecule has 1 atom stereocenters. The molecule has 0 bridgehead atoms. The Labute approximate surface area is 348 Å². The molecule has 0 aliphatic carbocycles. The maximum Gasteiger partial charge on any atom is 0.306 e. The second kappa shape index (κ2) is 44.5. The summed E-state index contributed by atoms with van der Waals surface area (Å²) in [5.41, 5.74) is 0. The minimum atomic E-state index is -0.758. The van der Waals surface area contributed by atoms with Crippen LogP contribution in [0.4, 0.5) is 0 Å². The van der Waals surface area contributed by atoms with Crippen molar-refractivity contribution < 1.29 is 28.6 Å². The molecule has 0 radical (unpaired) electrons. The van der Waals surface area contributed by atoms with E-state index in [1.165, 1.54) is 173 Å². The zero-order valence-corrected chi connectivity index (χ0v) is 38.1. The summed E-state index contributed by atoms with van der Waals surface area (Å²) in [7, 11) is 0. The highest BCUT2D eigenvalue weighted by molar-refractivity contribution is 5.71. The number of rotatable bonds is 45. The first-order chi connectivity index (χ1) is 27.4. The molecule has 0 rings (SSSR count). The molecule has 0 unspecified atom stereocenters. The minimum Gasteiger partial charge on any atom is -0.462 e. The summed E-state index contributed by atoms with van der Waals surface area (Å²) < 4.78 is 16.7. The van der Waals surface area contributed by atoms with Crippen LogP contribution in [-0.2, 0) is 28.6 Å². The van der Waals surface area contributed by atoms with Gasteiger partial charge in [-0.1, -0.05) is 240 Å². The molecule has 6 nitrogen and oxygen atoms in total. The minimum absolute atomic E-state index is 0.0636. The molecule has 0 aliphatic rings. The van der Waals surface area contributed by atoms with Crippen LogP contribution in [0.2, 0.25) is 0 Å². The van der Waals surface area contributed by atoms with Crippen LogP contribution in [0.15, 0.2) is 0 Å². The summed E-state index contributed by atoms with van der Waals surface area (Å²) in [4.78, 5) is 37.7. The summed E-state index contributed by atoms with van der Waals surface area (Å²) in [6.45, 7) is 8.99. The van der Waals surface area contributed by atoms with Crippen LogP contribution >= 0.6 is 0 Å². The Hall–Kier alpha value is -1.59. The van der Waals surface area contributed by atoms with Crippen molar-refractivity contribution in [1.82, 2.24) is 0 Å². The lowest BCUT2D eigenvalue weighted by Crippen LogP contribution is -2.30. The lowest BCUT2D eigenvalue weighted by molar-refractivity contribution is -0.167. The molecule has 0 heterocycles. The second-order valence-electron chi connectivity index (χ2n) is 17.6. The van der Waals surface area contributed by atoms with E-state index < -0.39 is 6.10 Å². The van der Waals surface area contributed by atoms with E-state index >= 15 is 0 Å². The average molecular weight is 793 g/mol. The van der Waals surface area contributed by atoms with Gasteiger partial charge in [0.15, 0.2) is 6.10 Å². The van der Waals surface area contributed by atoms with Crippen LogP contribution in [0.25, 0.3) is 0 Å². The van der Waals surface area contributed by atoms with E-state index in [4.69, 9.17) is 14.2 Å². The van der Waals surface area contributed by atoms with Gasteiger partial charge in [-0.15, -0.1) is 0 Å². The number of carbonyl (C=O) groups is 3. The maximum absolute atomic E-state index is 12.6. The number of unbranched alkanes of at least 4 members (excludes halogenated alkanes) is 32. The summed E-state index contributed by atoms with van der Waals surface area (Å²) in [6, 6.07) is 0. The molecule has 6 heteroatoms. The van der Waals surface area contributed by atoms with E-state index in [0.29, 0.717) is 19.3 Å². The van der Waals surface area contributed by atoms with Gasteiger partial charge >= 0.3 is 17.9 Å². The highest BCUT2D eigenvalue weighted by atomic mass is 16.6. The summed E-state index contributed by atoms with van der Waals surface area (Å²) >= 11 is 0. The van der Waals surface area contributed by atoms with Gasteiger partial charge in [0.1, 0.15) is 13.2 Å². The molecular formula is C50H96O6. The molecule has 0 aromatic rings. The summed E-state index contributed by atoms with van der Waals surface area (Å²) in [5.74, 6) is -0.0142. The first-order valence-corrected chi connectivity index (χ1v) is 24.9. The van der Waals surface area contributed by atoms with Crippen LogP contribution in [0.5, 0.6) is 0 Å². The van der Waals surface area contributed by atoms with Crippen LogP contribution in [0, 0.1) is 5.92 Å². The molecular weight excluding hydrogens is 697 g/mol. The first kappa shape index (κ1) is 54.4. The molecule has 56 heavy (non-hydrogen) atoms. The number of ether oxygens (including phenoxy) is 3. The Morgan fingerprint density at radius 3 is 0.875 bits per heavy atom. The zero-order valence-electron chi connectivity index (χ0n) is 38.1. The lowest BCUT2D eigenvalue weighted by atomic mass is 10.0. The Balaban J connectivity index is 4.18. The Kier molecular flexibility index (Phi) is 43.2. The molecule has 332 valence electrons. The van der Waals surface area contributed by atoms with E-state index in [1.54, 1.807) is 0 Å². The van der Waals surface area contributed by atoms with Crippen molar-refractivity contribution in [3.8, 4) is 0 Å². The largest absolute Gasteiger partial charge is 0.462 e. The van der Waals surface area contributed by atoms with E-state index in [-0.39, 0.29) is 31.1 Å². The predicted molar refractivity (Wildman–Crippen MR) is 238 cm³/mol. The first-order valence-electron chi connectivity index (χ1n) is 24.9. The van der Waals surface area contributed by atoms with Gasteiger partial charge in [-0.3, -0.25) is 14.4 Å². The van der Waals surface area contributed by atoms with Crippen LogP contribution in [0.3, 0.4) is 0 Å². The highest BCUT2D eigenvalue weighted by Crippen LogP contribution is 2.17. The average Bonchev–Trinajstić information content (AvgIpc) is 3.18. The van der Waals surface area contributed by atoms with Crippen molar-refractivity contribution in [2.75, 3.05) is 13.2 Å². The molecule has 0 aromatic carbocycles. The van der Waals surface area contributed by atoms with Crippen molar-refractivity contribution in [2.45, 2.75) is 284 Å². The van der Waals surface area contributed by atoms with Crippen molar-refractivity contribution >= 4 is 17.9 Å². The highest BCUT2D eigenvalue weighted by Gasteiger charge is 2.19. The number of hydrogen-bond acceptors (Lipinski definition) is 6. The fourth-order valence-electron chi connectivity index (χ4n) is 7.51. The molecule has 0 aliphatic heterocycles. The molecule has 0 saturated carbocycles. The zero-order chi connectivity index (χ0) is 41.0. The lowest BCUT2D eigenvalue weighted by Gasteiger charge is -2.18. The van der Waals surface area contributed by atoms with Crippen molar-refractivity contribution in [3.63, 3.8) is 0 Å². The van der Waals surface area contributed by atoms with Crippen molar-refractivity contribution in [1.29, 1.82) is 0 Å². The van der Waals surface area contributed by atoms with Crippen LogP contribution < -0.4 is 0 Å². The standard InChI is InChI=1S/C50H96O6/c1-5-7-9-11-13-14-15-16-17-20-23-26-30-33-37-41-48(51)54-44-47(56-50(53)43-39-35-28-12-10-8-6-2)45-55-49(52)42-38-34-31-27-24-21-18-19-22-25-29-32-36-40-46(3)4/h46-47H,5-45H2,1-4H3/t47-/m0/s1. The summed E-state index contributed by atoms with van der Waals surface area (Å²) in [5, 5.41) is 0. The molecule has 0 aromatic heterocycles. The fraction of sp³-hybridized carbons (Fsp3) is 0.940. The van der Waals surface area contributed by atoms with Gasteiger partial charge in [-0.25, -0.2) is 0 Å². The molecule has 0 amide bonds. The van der Waals surface area contributed by atoms with E-state index in [2.05, 4.69) is 27.7 Å². The summed E-state index contributed by atoms with van der Waals surface area (Å²) in [6.07, 6.45) is 45.3. The monoisotopic (exact) mass is 793 g/mol. The molecule has 0 N–H and O–H groups in total. The van der Waals surface area contributed by atoms with E-state index in [0.717, 1.165) is 63.7 Å².